The van der Waals surface area contributed by atoms with Crippen LogP contribution in [-0.2, 0) is 32.6 Å². The van der Waals surface area contributed by atoms with E-state index in [-0.39, 0.29) is 18.7 Å². The van der Waals surface area contributed by atoms with Crippen LogP contribution >= 0.6 is 0 Å². The summed E-state index contributed by atoms with van der Waals surface area (Å²) < 4.78 is 53.1. The number of nitrogens with one attached hydrogen (secondary N) is 1. The third-order valence-corrected chi connectivity index (χ3v) is 6.82. The van der Waals surface area contributed by atoms with Crippen molar-refractivity contribution in [3.05, 3.63) is 102 Å². The first kappa shape index (κ1) is 27.8. The van der Waals surface area contributed by atoms with Crippen molar-refractivity contribution in [3.8, 4) is 0 Å². The van der Waals surface area contributed by atoms with Crippen LogP contribution in [0.1, 0.15) is 18.1 Å². The Morgan fingerprint density at radius 3 is 1.97 bits per heavy atom. The number of sulfonamides is 1. The zero-order chi connectivity index (χ0) is 27.0. The predicted molar refractivity (Wildman–Crippen MR) is 138 cm³/mol. The molecule has 1 atom stereocenters. The molecule has 0 aliphatic carbocycles. The van der Waals surface area contributed by atoms with Crippen LogP contribution < -0.4 is 9.62 Å². The normalized spacial score (nSPS) is 12.0. The van der Waals surface area contributed by atoms with E-state index in [0.29, 0.717) is 12.1 Å². The minimum absolute atomic E-state index is 0.0607. The van der Waals surface area contributed by atoms with Crippen molar-refractivity contribution >= 4 is 27.5 Å². The Balaban J connectivity index is 2.02. The molecule has 37 heavy (non-hydrogen) atoms. The largest absolute Gasteiger partial charge is 0.355 e. The second-order valence-electron chi connectivity index (χ2n) is 8.49. The Morgan fingerprint density at radius 2 is 1.43 bits per heavy atom. The Kier molecular flexibility index (Phi) is 9.35. The lowest BCUT2D eigenvalue weighted by molar-refractivity contribution is -0.140. The molecule has 0 aliphatic rings. The van der Waals surface area contributed by atoms with Crippen LogP contribution in [0.25, 0.3) is 0 Å². The zero-order valence-electron chi connectivity index (χ0n) is 20.6. The van der Waals surface area contributed by atoms with Crippen molar-refractivity contribution in [2.24, 2.45) is 0 Å². The monoisotopic (exact) mass is 529 g/mol. The lowest BCUT2D eigenvalue weighted by atomic mass is 10.0. The van der Waals surface area contributed by atoms with Crippen molar-refractivity contribution in [2.75, 3.05) is 23.7 Å². The minimum Gasteiger partial charge on any atom is -0.355 e. The zero-order valence-corrected chi connectivity index (χ0v) is 21.4. The van der Waals surface area contributed by atoms with Gasteiger partial charge in [-0.25, -0.2) is 17.2 Å². The maximum Gasteiger partial charge on any atom is 0.244 e. The van der Waals surface area contributed by atoms with Gasteiger partial charge in [0.05, 0.1) is 11.9 Å². The fourth-order valence-electron chi connectivity index (χ4n) is 3.85. The van der Waals surface area contributed by atoms with Crippen LogP contribution in [0.5, 0.6) is 0 Å². The minimum atomic E-state index is -3.94. The number of anilines is 1. The third-order valence-electron chi connectivity index (χ3n) is 5.68. The van der Waals surface area contributed by atoms with E-state index in [0.717, 1.165) is 28.3 Å². The molecule has 0 aromatic heterocycles. The van der Waals surface area contributed by atoms with Crippen molar-refractivity contribution < 1.29 is 26.8 Å². The Labute approximate surface area is 215 Å². The van der Waals surface area contributed by atoms with Gasteiger partial charge in [-0.15, -0.1) is 0 Å². The van der Waals surface area contributed by atoms with E-state index in [1.807, 2.05) is 30.3 Å². The molecule has 3 aromatic carbocycles. The summed E-state index contributed by atoms with van der Waals surface area (Å²) in [5, 5.41) is 2.75. The summed E-state index contributed by atoms with van der Waals surface area (Å²) in [5.41, 5.74) is 1.47. The molecule has 3 aromatic rings. The molecule has 10 heteroatoms. The highest BCUT2D eigenvalue weighted by atomic mass is 32.2. The first-order chi connectivity index (χ1) is 17.6. The molecule has 1 unspecified atom stereocenters. The number of likely N-dealkylation sites (N-methyl/N-ethyl adjacent to an activating group) is 1. The topological polar surface area (TPSA) is 86.8 Å². The number of nitrogens with zero attached hydrogens (tertiary/aromatic N) is 2. The fourth-order valence-corrected chi connectivity index (χ4v) is 4.70. The fraction of sp³-hybridized carbons (Fsp3) is 0.259. The molecular formula is C27H29F2N3O4S. The molecule has 0 heterocycles. The molecule has 0 fully saturated rings. The Morgan fingerprint density at radius 1 is 0.865 bits per heavy atom. The number of hydrogen-bond donors (Lipinski definition) is 1. The number of hydrogen-bond acceptors (Lipinski definition) is 4. The second-order valence-corrected chi connectivity index (χ2v) is 10.4. The van der Waals surface area contributed by atoms with Gasteiger partial charge >= 0.3 is 0 Å². The van der Waals surface area contributed by atoms with Crippen LogP contribution in [0.4, 0.5) is 14.5 Å². The number of carbonyl (C=O) groups excluding carboxylic acids is 2. The lowest BCUT2D eigenvalue weighted by Crippen LogP contribution is -2.53. The summed E-state index contributed by atoms with van der Waals surface area (Å²) in [6, 6.07) is 18.4. The molecule has 0 saturated carbocycles. The lowest BCUT2D eigenvalue weighted by Gasteiger charge is -2.33. The van der Waals surface area contributed by atoms with Crippen molar-refractivity contribution in [1.82, 2.24) is 10.2 Å². The SMILES string of the molecule is CCNC(=O)C(Cc1ccccc1)N(Cc1ccc(F)cc1)C(=O)CN(c1ccc(F)cc1)S(C)(=O)=O. The van der Waals surface area contributed by atoms with E-state index < -0.39 is 46.1 Å². The van der Waals surface area contributed by atoms with E-state index in [1.165, 1.54) is 41.3 Å². The number of carbonyl (C=O) groups is 2. The molecule has 7 nitrogen and oxygen atoms in total. The number of benzene rings is 3. The van der Waals surface area contributed by atoms with Gasteiger partial charge in [0.2, 0.25) is 21.8 Å². The molecule has 0 saturated heterocycles. The summed E-state index contributed by atoms with van der Waals surface area (Å²) in [4.78, 5) is 28.2. The van der Waals surface area contributed by atoms with Gasteiger partial charge < -0.3 is 10.2 Å². The molecular weight excluding hydrogens is 500 g/mol. The molecule has 0 radical (unpaired) electrons. The first-order valence-electron chi connectivity index (χ1n) is 11.7. The molecule has 196 valence electrons. The smallest absolute Gasteiger partial charge is 0.244 e. The standard InChI is InChI=1S/C27H29F2N3O4S/c1-3-30-27(34)25(17-20-7-5-4-6-8-20)31(18-21-9-11-22(28)12-10-21)26(33)19-32(37(2,35)36)24-15-13-23(29)14-16-24/h4-16,25H,3,17-19H2,1-2H3,(H,30,34). The van der Waals surface area contributed by atoms with E-state index in [4.69, 9.17) is 0 Å². The van der Waals surface area contributed by atoms with Crippen LogP contribution in [0.3, 0.4) is 0 Å². The van der Waals surface area contributed by atoms with E-state index in [2.05, 4.69) is 5.32 Å². The summed E-state index contributed by atoms with van der Waals surface area (Å²) in [6.07, 6.45) is 1.12. The highest BCUT2D eigenvalue weighted by molar-refractivity contribution is 7.92. The summed E-state index contributed by atoms with van der Waals surface area (Å²) >= 11 is 0. The molecule has 0 aliphatic heterocycles. The second kappa shape index (κ2) is 12.4. The third kappa shape index (κ3) is 7.85. The van der Waals surface area contributed by atoms with Gasteiger partial charge in [0.25, 0.3) is 0 Å². The summed E-state index contributed by atoms with van der Waals surface area (Å²) in [7, 11) is -3.94. The number of amides is 2. The van der Waals surface area contributed by atoms with Gasteiger partial charge in [0.15, 0.2) is 0 Å². The van der Waals surface area contributed by atoms with Gasteiger partial charge in [-0.1, -0.05) is 42.5 Å². The van der Waals surface area contributed by atoms with E-state index in [9.17, 15) is 26.8 Å². The summed E-state index contributed by atoms with van der Waals surface area (Å²) in [6.45, 7) is 1.41. The van der Waals surface area contributed by atoms with E-state index in [1.54, 1.807) is 6.92 Å². The molecule has 0 bridgehead atoms. The quantitative estimate of drug-likeness (QED) is 0.412. The summed E-state index contributed by atoms with van der Waals surface area (Å²) in [5.74, 6) is -2.06. The maximum absolute atomic E-state index is 13.7. The van der Waals surface area contributed by atoms with E-state index >= 15 is 0 Å². The average molecular weight is 530 g/mol. The van der Waals surface area contributed by atoms with Crippen molar-refractivity contribution in [3.63, 3.8) is 0 Å². The van der Waals surface area contributed by atoms with Crippen LogP contribution in [0, 0.1) is 11.6 Å². The van der Waals surface area contributed by atoms with Gasteiger partial charge in [0.1, 0.15) is 24.2 Å². The predicted octanol–water partition coefficient (Wildman–Crippen LogP) is 3.51. The highest BCUT2D eigenvalue weighted by Crippen LogP contribution is 2.21. The first-order valence-corrected chi connectivity index (χ1v) is 13.5. The van der Waals surface area contributed by atoms with Gasteiger partial charge in [-0.3, -0.25) is 13.9 Å². The van der Waals surface area contributed by atoms with Crippen molar-refractivity contribution in [1.29, 1.82) is 0 Å². The van der Waals surface area contributed by atoms with Crippen molar-refractivity contribution in [2.45, 2.75) is 25.9 Å². The van der Waals surface area contributed by atoms with Crippen LogP contribution in [-0.4, -0.2) is 50.5 Å². The molecule has 0 spiro atoms. The van der Waals surface area contributed by atoms with Gasteiger partial charge in [-0.05, 0) is 54.4 Å². The number of rotatable bonds is 11. The highest BCUT2D eigenvalue weighted by Gasteiger charge is 2.32. The van der Waals surface area contributed by atoms with Crippen LogP contribution in [0.2, 0.25) is 0 Å². The Bertz CT molecular complexity index is 1300. The average Bonchev–Trinajstić information content (AvgIpc) is 2.86. The molecule has 3 rings (SSSR count). The van der Waals surface area contributed by atoms with Gasteiger partial charge in [-0.2, -0.15) is 0 Å². The Hall–Kier alpha value is -3.79. The number of halogens is 2. The van der Waals surface area contributed by atoms with Gasteiger partial charge in [0, 0.05) is 19.5 Å². The molecule has 1 N–H and O–H groups in total. The molecule has 2 amide bonds. The maximum atomic E-state index is 13.7. The van der Waals surface area contributed by atoms with Crippen LogP contribution in [0.15, 0.2) is 78.9 Å².